The SMILES string of the molecule is CCN1CCC(N(C)C(CN)CC(=O)N(C)C)CC1. The van der Waals surface area contributed by atoms with E-state index < -0.39 is 0 Å². The molecule has 5 heteroatoms. The predicted molar refractivity (Wildman–Crippen MR) is 79.1 cm³/mol. The highest BCUT2D eigenvalue weighted by atomic mass is 16.2. The van der Waals surface area contributed by atoms with Crippen LogP contribution in [0.5, 0.6) is 0 Å². The number of carbonyl (C=O) groups excluding carboxylic acids is 1. The number of hydrogen-bond donors (Lipinski definition) is 1. The highest BCUT2D eigenvalue weighted by Gasteiger charge is 2.27. The van der Waals surface area contributed by atoms with Crippen molar-refractivity contribution in [3.63, 3.8) is 0 Å². The van der Waals surface area contributed by atoms with Crippen molar-refractivity contribution >= 4 is 5.91 Å². The number of rotatable bonds is 6. The third kappa shape index (κ3) is 4.75. The number of likely N-dealkylation sites (N-methyl/N-ethyl adjacent to an activating group) is 1. The Morgan fingerprint density at radius 3 is 2.32 bits per heavy atom. The van der Waals surface area contributed by atoms with Gasteiger partial charge in [-0.2, -0.15) is 0 Å². The van der Waals surface area contributed by atoms with Crippen LogP contribution in [0.3, 0.4) is 0 Å². The molecule has 0 radical (unpaired) electrons. The fraction of sp³-hybridized carbons (Fsp3) is 0.929. The lowest BCUT2D eigenvalue weighted by molar-refractivity contribution is -0.130. The van der Waals surface area contributed by atoms with Crippen molar-refractivity contribution in [3.8, 4) is 0 Å². The highest BCUT2D eigenvalue weighted by molar-refractivity contribution is 5.76. The number of carbonyl (C=O) groups is 1. The topological polar surface area (TPSA) is 52.8 Å². The molecule has 2 N–H and O–H groups in total. The fourth-order valence-corrected chi connectivity index (χ4v) is 2.72. The van der Waals surface area contributed by atoms with Crippen molar-refractivity contribution < 1.29 is 4.79 Å². The maximum absolute atomic E-state index is 11.8. The highest BCUT2D eigenvalue weighted by Crippen LogP contribution is 2.18. The summed E-state index contributed by atoms with van der Waals surface area (Å²) in [5.74, 6) is 0.160. The van der Waals surface area contributed by atoms with E-state index in [1.54, 1.807) is 19.0 Å². The van der Waals surface area contributed by atoms with Crippen LogP contribution in [0, 0.1) is 0 Å². The molecule has 0 spiro atoms. The van der Waals surface area contributed by atoms with Crippen molar-refractivity contribution in [3.05, 3.63) is 0 Å². The van der Waals surface area contributed by atoms with Crippen LogP contribution in [0.15, 0.2) is 0 Å². The maximum Gasteiger partial charge on any atom is 0.223 e. The number of hydrogen-bond acceptors (Lipinski definition) is 4. The summed E-state index contributed by atoms with van der Waals surface area (Å²) >= 11 is 0. The van der Waals surface area contributed by atoms with Gasteiger partial charge in [-0.05, 0) is 39.5 Å². The normalized spacial score (nSPS) is 19.7. The molecule has 19 heavy (non-hydrogen) atoms. The minimum atomic E-state index is 0.160. The van der Waals surface area contributed by atoms with Gasteiger partial charge in [0.25, 0.3) is 0 Å². The van der Waals surface area contributed by atoms with Crippen LogP contribution < -0.4 is 5.73 Å². The van der Waals surface area contributed by atoms with Crippen LogP contribution in [0.25, 0.3) is 0 Å². The molecule has 0 bridgehead atoms. The lowest BCUT2D eigenvalue weighted by Crippen LogP contribution is -2.50. The number of nitrogens with zero attached hydrogens (tertiary/aromatic N) is 3. The van der Waals surface area contributed by atoms with Crippen LogP contribution >= 0.6 is 0 Å². The quantitative estimate of drug-likeness (QED) is 0.749. The molecule has 1 aliphatic heterocycles. The summed E-state index contributed by atoms with van der Waals surface area (Å²) in [7, 11) is 5.72. The first-order chi connectivity index (χ1) is 8.99. The molecule has 1 rings (SSSR count). The maximum atomic E-state index is 11.8. The van der Waals surface area contributed by atoms with E-state index >= 15 is 0 Å². The molecule has 112 valence electrons. The molecule has 1 atom stereocenters. The summed E-state index contributed by atoms with van der Waals surface area (Å²) in [6, 6.07) is 0.722. The second-order valence-corrected chi connectivity index (χ2v) is 5.71. The number of amides is 1. The molecule has 1 fully saturated rings. The van der Waals surface area contributed by atoms with Gasteiger partial charge in [-0.3, -0.25) is 9.69 Å². The van der Waals surface area contributed by atoms with Gasteiger partial charge in [0.2, 0.25) is 5.91 Å². The van der Waals surface area contributed by atoms with Crippen LogP contribution in [0.4, 0.5) is 0 Å². The Morgan fingerprint density at radius 1 is 1.32 bits per heavy atom. The number of piperidine rings is 1. The summed E-state index contributed by atoms with van der Waals surface area (Å²) in [5, 5.41) is 0. The van der Waals surface area contributed by atoms with E-state index in [4.69, 9.17) is 5.73 Å². The van der Waals surface area contributed by atoms with Gasteiger partial charge in [-0.1, -0.05) is 6.92 Å². The zero-order valence-electron chi connectivity index (χ0n) is 12.9. The van der Waals surface area contributed by atoms with E-state index in [0.29, 0.717) is 19.0 Å². The summed E-state index contributed by atoms with van der Waals surface area (Å²) < 4.78 is 0. The zero-order chi connectivity index (χ0) is 14.4. The monoisotopic (exact) mass is 270 g/mol. The second kappa shape index (κ2) is 7.82. The molecule has 0 aromatic carbocycles. The molecule has 0 saturated carbocycles. The Hall–Kier alpha value is -0.650. The molecule has 5 nitrogen and oxygen atoms in total. The molecule has 1 aliphatic rings. The molecular formula is C14H30N4O. The van der Waals surface area contributed by atoms with E-state index in [9.17, 15) is 4.79 Å². The van der Waals surface area contributed by atoms with E-state index in [0.717, 1.165) is 19.6 Å². The predicted octanol–water partition coefficient (Wildman–Crippen LogP) is 0.208. The van der Waals surface area contributed by atoms with Gasteiger partial charge in [-0.25, -0.2) is 0 Å². The number of likely N-dealkylation sites (tertiary alicyclic amines) is 1. The first-order valence-electron chi connectivity index (χ1n) is 7.34. The van der Waals surface area contributed by atoms with Gasteiger partial charge < -0.3 is 15.5 Å². The first kappa shape index (κ1) is 16.4. The Balaban J connectivity index is 2.49. The van der Waals surface area contributed by atoms with Crippen molar-refractivity contribution in [2.24, 2.45) is 5.73 Å². The lowest BCUT2D eigenvalue weighted by atomic mass is 10.0. The van der Waals surface area contributed by atoms with Crippen molar-refractivity contribution in [1.29, 1.82) is 0 Å². The average molecular weight is 270 g/mol. The summed E-state index contributed by atoms with van der Waals surface area (Å²) in [5.41, 5.74) is 5.86. The average Bonchev–Trinajstić information content (AvgIpc) is 2.43. The largest absolute Gasteiger partial charge is 0.349 e. The Morgan fingerprint density at radius 2 is 1.89 bits per heavy atom. The van der Waals surface area contributed by atoms with Crippen molar-refractivity contribution in [1.82, 2.24) is 14.7 Å². The molecule has 0 aliphatic carbocycles. The molecule has 1 amide bonds. The van der Waals surface area contributed by atoms with Crippen LogP contribution in [-0.4, -0.2) is 80.0 Å². The Bertz CT molecular complexity index is 275. The molecule has 0 aromatic rings. The molecule has 1 heterocycles. The number of nitrogens with two attached hydrogens (primary N) is 1. The zero-order valence-corrected chi connectivity index (χ0v) is 12.9. The van der Waals surface area contributed by atoms with E-state index in [1.165, 1.54) is 12.8 Å². The van der Waals surface area contributed by atoms with Crippen LogP contribution in [-0.2, 0) is 4.79 Å². The van der Waals surface area contributed by atoms with E-state index in [-0.39, 0.29) is 11.9 Å². The smallest absolute Gasteiger partial charge is 0.223 e. The van der Waals surface area contributed by atoms with Gasteiger partial charge in [0.1, 0.15) is 0 Å². The second-order valence-electron chi connectivity index (χ2n) is 5.71. The summed E-state index contributed by atoms with van der Waals surface area (Å²) in [4.78, 5) is 18.3. The van der Waals surface area contributed by atoms with Gasteiger partial charge in [-0.15, -0.1) is 0 Å². The van der Waals surface area contributed by atoms with Crippen LogP contribution in [0.2, 0.25) is 0 Å². The minimum Gasteiger partial charge on any atom is -0.349 e. The fourth-order valence-electron chi connectivity index (χ4n) is 2.72. The third-order valence-corrected chi connectivity index (χ3v) is 4.34. The minimum absolute atomic E-state index is 0.160. The van der Waals surface area contributed by atoms with Gasteiger partial charge in [0.05, 0.1) is 0 Å². The summed E-state index contributed by atoms with van der Waals surface area (Å²) in [6.45, 7) is 6.21. The van der Waals surface area contributed by atoms with Crippen molar-refractivity contribution in [2.45, 2.75) is 38.3 Å². The van der Waals surface area contributed by atoms with Gasteiger partial charge >= 0.3 is 0 Å². The molecule has 0 aromatic heterocycles. The van der Waals surface area contributed by atoms with Gasteiger partial charge in [0, 0.05) is 39.1 Å². The van der Waals surface area contributed by atoms with E-state index in [2.05, 4.69) is 23.8 Å². The summed E-state index contributed by atoms with van der Waals surface area (Å²) in [6.07, 6.45) is 2.88. The Kier molecular flexibility index (Phi) is 6.75. The standard InChI is InChI=1S/C14H30N4O/c1-5-18-8-6-12(7-9-18)17(4)13(11-15)10-14(19)16(2)3/h12-13H,5-11,15H2,1-4H3. The van der Waals surface area contributed by atoms with Crippen LogP contribution in [0.1, 0.15) is 26.2 Å². The first-order valence-corrected chi connectivity index (χ1v) is 7.34. The molecule has 1 unspecified atom stereocenters. The van der Waals surface area contributed by atoms with Crippen molar-refractivity contribution in [2.75, 3.05) is 47.3 Å². The molecular weight excluding hydrogens is 240 g/mol. The molecule has 1 saturated heterocycles. The lowest BCUT2D eigenvalue weighted by Gasteiger charge is -2.40. The third-order valence-electron chi connectivity index (χ3n) is 4.34. The van der Waals surface area contributed by atoms with Gasteiger partial charge in [0.15, 0.2) is 0 Å². The van der Waals surface area contributed by atoms with E-state index in [1.807, 2.05) is 0 Å². The Labute approximate surface area is 117 Å².